The minimum absolute atomic E-state index is 0.713. The van der Waals surface area contributed by atoms with Gasteiger partial charge in [0.15, 0.2) is 0 Å². The Morgan fingerprint density at radius 3 is 3.07 bits per heavy atom. The molecular formula is C13H15N. The van der Waals surface area contributed by atoms with E-state index in [0.29, 0.717) is 5.92 Å². The molecule has 2 rings (SSSR count). The van der Waals surface area contributed by atoms with Crippen molar-refractivity contribution < 1.29 is 0 Å². The second-order valence-corrected chi connectivity index (χ2v) is 3.66. The van der Waals surface area contributed by atoms with Crippen LogP contribution in [-0.2, 0) is 6.42 Å². The molecule has 1 aliphatic carbocycles. The van der Waals surface area contributed by atoms with E-state index in [1.54, 1.807) is 0 Å². The van der Waals surface area contributed by atoms with Gasteiger partial charge in [0.25, 0.3) is 0 Å². The van der Waals surface area contributed by atoms with Gasteiger partial charge in [0.05, 0.1) is 6.54 Å². The lowest BCUT2D eigenvalue weighted by molar-refractivity contribution is 0.557. The van der Waals surface area contributed by atoms with E-state index in [-0.39, 0.29) is 0 Å². The zero-order chi connectivity index (χ0) is 9.80. The first kappa shape index (κ1) is 9.30. The Hall–Kier alpha value is -1.26. The minimum atomic E-state index is 0.713. The molecule has 1 atom stereocenters. The third kappa shape index (κ3) is 1.81. The van der Waals surface area contributed by atoms with Crippen LogP contribution in [0.15, 0.2) is 24.3 Å². The second kappa shape index (κ2) is 4.30. The van der Waals surface area contributed by atoms with Crippen LogP contribution in [0.4, 0.5) is 0 Å². The van der Waals surface area contributed by atoms with E-state index in [2.05, 4.69) is 41.4 Å². The molecule has 0 fully saturated rings. The fourth-order valence-corrected chi connectivity index (χ4v) is 1.94. The van der Waals surface area contributed by atoms with E-state index < -0.39 is 0 Å². The van der Waals surface area contributed by atoms with Crippen molar-refractivity contribution in [1.82, 2.24) is 5.32 Å². The summed E-state index contributed by atoms with van der Waals surface area (Å²) in [5.41, 5.74) is 3.03. The average Bonchev–Trinajstić information content (AvgIpc) is 2.19. The van der Waals surface area contributed by atoms with E-state index >= 15 is 0 Å². The smallest absolute Gasteiger partial charge is 0.0576 e. The van der Waals surface area contributed by atoms with Crippen LogP contribution in [0.2, 0.25) is 0 Å². The van der Waals surface area contributed by atoms with Crippen molar-refractivity contribution >= 4 is 0 Å². The third-order valence-corrected chi connectivity index (χ3v) is 2.74. The number of fused-ring (bicyclic) bond motifs is 1. The lowest BCUT2D eigenvalue weighted by atomic mass is 9.78. The molecule has 1 aliphatic rings. The molecule has 72 valence electrons. The molecular weight excluding hydrogens is 170 g/mol. The molecule has 0 saturated heterocycles. The molecule has 0 bridgehead atoms. The molecule has 0 saturated carbocycles. The number of hydrogen-bond donors (Lipinski definition) is 1. The van der Waals surface area contributed by atoms with E-state index in [9.17, 15) is 0 Å². The van der Waals surface area contributed by atoms with E-state index in [1.807, 2.05) is 6.92 Å². The maximum absolute atomic E-state index is 3.36. The second-order valence-electron chi connectivity index (χ2n) is 3.66. The first-order valence-electron chi connectivity index (χ1n) is 5.10. The van der Waals surface area contributed by atoms with Crippen molar-refractivity contribution in [3.8, 4) is 11.8 Å². The Labute approximate surface area is 85.5 Å². The van der Waals surface area contributed by atoms with Crippen molar-refractivity contribution in [3.63, 3.8) is 0 Å². The summed E-state index contributed by atoms with van der Waals surface area (Å²) >= 11 is 0. The van der Waals surface area contributed by atoms with Crippen LogP contribution in [0.25, 0.3) is 0 Å². The Balaban J connectivity index is 1.83. The molecule has 1 unspecified atom stereocenters. The number of nitrogens with one attached hydrogen (secondary N) is 1. The Kier molecular flexibility index (Phi) is 2.86. The molecule has 0 heterocycles. The van der Waals surface area contributed by atoms with Crippen LogP contribution in [-0.4, -0.2) is 13.1 Å². The van der Waals surface area contributed by atoms with Gasteiger partial charge in [0, 0.05) is 12.5 Å². The Morgan fingerprint density at radius 1 is 1.43 bits per heavy atom. The molecule has 0 radical (unpaired) electrons. The number of hydrogen-bond acceptors (Lipinski definition) is 1. The fraction of sp³-hybridized carbons (Fsp3) is 0.385. The van der Waals surface area contributed by atoms with Crippen LogP contribution in [0, 0.1) is 11.8 Å². The fourth-order valence-electron chi connectivity index (χ4n) is 1.94. The van der Waals surface area contributed by atoms with E-state index in [1.165, 1.54) is 17.5 Å². The molecule has 0 aliphatic heterocycles. The van der Waals surface area contributed by atoms with Gasteiger partial charge in [-0.15, -0.1) is 5.92 Å². The summed E-state index contributed by atoms with van der Waals surface area (Å²) in [5.74, 6) is 6.61. The number of rotatable bonds is 3. The maximum Gasteiger partial charge on any atom is 0.0576 e. The van der Waals surface area contributed by atoms with Crippen molar-refractivity contribution in [1.29, 1.82) is 0 Å². The SMILES string of the molecule is CC#CCNCC1Cc2ccccc21. The highest BCUT2D eigenvalue weighted by molar-refractivity contribution is 5.40. The lowest BCUT2D eigenvalue weighted by Gasteiger charge is -2.30. The molecule has 0 amide bonds. The van der Waals surface area contributed by atoms with Gasteiger partial charge >= 0.3 is 0 Å². The monoisotopic (exact) mass is 185 g/mol. The van der Waals surface area contributed by atoms with Gasteiger partial charge < -0.3 is 5.32 Å². The molecule has 14 heavy (non-hydrogen) atoms. The highest BCUT2D eigenvalue weighted by Gasteiger charge is 2.24. The molecule has 0 aromatic heterocycles. The van der Waals surface area contributed by atoms with Gasteiger partial charge in [-0.25, -0.2) is 0 Å². The summed E-state index contributed by atoms with van der Waals surface area (Å²) in [6, 6.07) is 8.69. The number of benzene rings is 1. The van der Waals surface area contributed by atoms with Gasteiger partial charge in [-0.3, -0.25) is 0 Å². The molecule has 1 aromatic rings. The van der Waals surface area contributed by atoms with Gasteiger partial charge in [-0.05, 0) is 24.5 Å². The van der Waals surface area contributed by atoms with Crippen molar-refractivity contribution in [2.75, 3.05) is 13.1 Å². The molecule has 0 spiro atoms. The summed E-state index contributed by atoms with van der Waals surface area (Å²) in [5, 5.41) is 3.36. The van der Waals surface area contributed by atoms with Crippen LogP contribution in [0.1, 0.15) is 24.0 Å². The zero-order valence-electron chi connectivity index (χ0n) is 8.51. The zero-order valence-corrected chi connectivity index (χ0v) is 8.51. The van der Waals surface area contributed by atoms with E-state index in [0.717, 1.165) is 13.1 Å². The van der Waals surface area contributed by atoms with Crippen LogP contribution in [0.5, 0.6) is 0 Å². The first-order valence-corrected chi connectivity index (χ1v) is 5.10. The normalized spacial score (nSPS) is 17.6. The highest BCUT2D eigenvalue weighted by atomic mass is 14.8. The van der Waals surface area contributed by atoms with Gasteiger partial charge in [-0.2, -0.15) is 0 Å². The molecule has 1 nitrogen and oxygen atoms in total. The lowest BCUT2D eigenvalue weighted by Crippen LogP contribution is -2.29. The average molecular weight is 185 g/mol. The molecule has 1 heteroatoms. The molecule has 1 N–H and O–H groups in total. The van der Waals surface area contributed by atoms with Crippen molar-refractivity contribution in [3.05, 3.63) is 35.4 Å². The summed E-state index contributed by atoms with van der Waals surface area (Å²) in [7, 11) is 0. The summed E-state index contributed by atoms with van der Waals surface area (Å²) in [4.78, 5) is 0. The quantitative estimate of drug-likeness (QED) is 0.560. The highest BCUT2D eigenvalue weighted by Crippen LogP contribution is 2.33. The predicted octanol–water partition coefficient (Wildman–Crippen LogP) is 1.94. The standard InChI is InChI=1S/C13H15N/c1-2-3-8-14-10-12-9-11-6-4-5-7-13(11)12/h4-7,12,14H,8-10H2,1H3. The summed E-state index contributed by atoms with van der Waals surface area (Å²) in [6.45, 7) is 3.75. The van der Waals surface area contributed by atoms with Gasteiger partial charge in [0.1, 0.15) is 0 Å². The minimum Gasteiger partial charge on any atom is -0.306 e. The molecule has 1 aromatic carbocycles. The van der Waals surface area contributed by atoms with Crippen molar-refractivity contribution in [2.45, 2.75) is 19.3 Å². The largest absolute Gasteiger partial charge is 0.306 e. The van der Waals surface area contributed by atoms with Crippen LogP contribution >= 0.6 is 0 Å². The van der Waals surface area contributed by atoms with Crippen LogP contribution < -0.4 is 5.32 Å². The maximum atomic E-state index is 3.36. The first-order chi connectivity index (χ1) is 6.92. The van der Waals surface area contributed by atoms with Gasteiger partial charge in [-0.1, -0.05) is 30.2 Å². The third-order valence-electron chi connectivity index (χ3n) is 2.74. The predicted molar refractivity (Wildman–Crippen MR) is 59.2 cm³/mol. The Morgan fingerprint density at radius 2 is 2.29 bits per heavy atom. The topological polar surface area (TPSA) is 12.0 Å². The van der Waals surface area contributed by atoms with E-state index in [4.69, 9.17) is 0 Å². The van der Waals surface area contributed by atoms with Gasteiger partial charge in [0.2, 0.25) is 0 Å². The Bertz CT molecular complexity index is 370. The summed E-state index contributed by atoms with van der Waals surface area (Å²) in [6.07, 6.45) is 1.22. The van der Waals surface area contributed by atoms with Crippen molar-refractivity contribution in [2.24, 2.45) is 0 Å². The summed E-state index contributed by atoms with van der Waals surface area (Å²) < 4.78 is 0. The van der Waals surface area contributed by atoms with Crippen LogP contribution in [0.3, 0.4) is 0 Å².